The van der Waals surface area contributed by atoms with Crippen LogP contribution >= 0.6 is 22.2 Å². The van der Waals surface area contributed by atoms with Gasteiger partial charge in [-0.05, 0) is 24.4 Å². The van der Waals surface area contributed by atoms with E-state index >= 15 is 0 Å². The van der Waals surface area contributed by atoms with Crippen molar-refractivity contribution in [1.29, 1.82) is 0 Å². The molecule has 0 aliphatic heterocycles. The fourth-order valence-electron chi connectivity index (χ4n) is 1.24. The van der Waals surface area contributed by atoms with Crippen molar-refractivity contribution in [3.05, 3.63) is 11.1 Å². The molecule has 4 nitrogen and oxygen atoms in total. The van der Waals surface area contributed by atoms with E-state index in [0.717, 1.165) is 0 Å². The van der Waals surface area contributed by atoms with Gasteiger partial charge >= 0.3 is 0 Å². The number of hydrogen-bond donors (Lipinski definition) is 0. The van der Waals surface area contributed by atoms with E-state index in [4.69, 9.17) is 10.7 Å². The summed E-state index contributed by atoms with van der Waals surface area (Å²) in [6, 6.07) is 0. The molecule has 1 aliphatic rings. The molecule has 0 atom stereocenters. The summed E-state index contributed by atoms with van der Waals surface area (Å²) in [5.74, 6) is 0. The van der Waals surface area contributed by atoms with Gasteiger partial charge in [-0.25, -0.2) is 8.42 Å². The predicted molar refractivity (Wildman–Crippen MR) is 50.4 cm³/mol. The van der Waals surface area contributed by atoms with Crippen LogP contribution in [0.5, 0.6) is 0 Å². The lowest BCUT2D eigenvalue weighted by atomic mass is 10.2. The standard InChI is InChI=1S/C6H7ClN2O2S2/c7-13(10,11)6(1-2-6)3-5-4-12-9-8-5/h4H,1-3H2. The van der Waals surface area contributed by atoms with E-state index in [2.05, 4.69) is 9.59 Å². The van der Waals surface area contributed by atoms with Crippen LogP contribution in [0.1, 0.15) is 18.5 Å². The molecule has 1 saturated carbocycles. The van der Waals surface area contributed by atoms with Gasteiger partial charge in [0, 0.05) is 22.5 Å². The quantitative estimate of drug-likeness (QED) is 0.742. The molecule has 0 spiro atoms. The Balaban J connectivity index is 2.20. The highest BCUT2D eigenvalue weighted by atomic mass is 35.7. The van der Waals surface area contributed by atoms with Crippen LogP contribution in [0.4, 0.5) is 0 Å². The largest absolute Gasteiger partial charge is 0.238 e. The van der Waals surface area contributed by atoms with Crippen molar-refractivity contribution in [2.24, 2.45) is 0 Å². The molecule has 7 heteroatoms. The lowest BCUT2D eigenvalue weighted by molar-refractivity contribution is 0.589. The van der Waals surface area contributed by atoms with Gasteiger partial charge in [-0.15, -0.1) is 5.10 Å². The number of hydrogen-bond acceptors (Lipinski definition) is 5. The Morgan fingerprint density at radius 3 is 2.69 bits per heavy atom. The molecule has 13 heavy (non-hydrogen) atoms. The summed E-state index contributed by atoms with van der Waals surface area (Å²) < 4.78 is 25.2. The van der Waals surface area contributed by atoms with Crippen molar-refractivity contribution in [2.45, 2.75) is 24.0 Å². The summed E-state index contributed by atoms with van der Waals surface area (Å²) in [7, 11) is 1.87. The molecule has 0 unspecified atom stereocenters. The maximum atomic E-state index is 11.2. The average Bonchev–Trinajstić information content (AvgIpc) is 2.59. The molecule has 1 aromatic rings. The van der Waals surface area contributed by atoms with Gasteiger partial charge in [-0.1, -0.05) is 4.49 Å². The van der Waals surface area contributed by atoms with E-state index in [9.17, 15) is 8.42 Å². The number of aromatic nitrogens is 2. The Morgan fingerprint density at radius 1 is 1.62 bits per heavy atom. The summed E-state index contributed by atoms with van der Waals surface area (Å²) in [6.45, 7) is 0. The highest BCUT2D eigenvalue weighted by Gasteiger charge is 2.54. The van der Waals surface area contributed by atoms with Crippen LogP contribution in [0.25, 0.3) is 0 Å². The molecule has 72 valence electrons. The van der Waals surface area contributed by atoms with Gasteiger partial charge in [-0.2, -0.15) is 0 Å². The molecule has 2 rings (SSSR count). The minimum Gasteiger partial charge on any atom is -0.212 e. The van der Waals surface area contributed by atoms with Crippen LogP contribution < -0.4 is 0 Å². The maximum Gasteiger partial charge on any atom is 0.238 e. The topological polar surface area (TPSA) is 59.9 Å². The average molecular weight is 239 g/mol. The molecular weight excluding hydrogens is 232 g/mol. The van der Waals surface area contributed by atoms with E-state index in [-0.39, 0.29) is 0 Å². The summed E-state index contributed by atoms with van der Waals surface area (Å²) in [5.41, 5.74) is 0.715. The van der Waals surface area contributed by atoms with Gasteiger partial charge in [0.1, 0.15) is 0 Å². The summed E-state index contributed by atoms with van der Waals surface area (Å²) in [5, 5.41) is 5.55. The van der Waals surface area contributed by atoms with Crippen LogP contribution in [-0.2, 0) is 15.5 Å². The molecule has 0 bridgehead atoms. The first-order chi connectivity index (χ1) is 6.04. The predicted octanol–water partition coefficient (Wildman–Crippen LogP) is 1.18. The first-order valence-electron chi connectivity index (χ1n) is 3.74. The highest BCUT2D eigenvalue weighted by Crippen LogP contribution is 2.47. The van der Waals surface area contributed by atoms with E-state index < -0.39 is 13.8 Å². The fourth-order valence-corrected chi connectivity index (χ4v) is 3.23. The molecule has 1 heterocycles. The van der Waals surface area contributed by atoms with Crippen molar-refractivity contribution in [3.8, 4) is 0 Å². The second-order valence-electron chi connectivity index (χ2n) is 3.19. The molecule has 0 radical (unpaired) electrons. The molecule has 0 aromatic carbocycles. The van der Waals surface area contributed by atoms with Crippen LogP contribution in [0, 0.1) is 0 Å². The van der Waals surface area contributed by atoms with Gasteiger partial charge in [0.15, 0.2) is 0 Å². The highest BCUT2D eigenvalue weighted by molar-refractivity contribution is 8.15. The zero-order valence-electron chi connectivity index (χ0n) is 6.60. The number of halogens is 1. The molecule has 1 aromatic heterocycles. The summed E-state index contributed by atoms with van der Waals surface area (Å²) >= 11 is 1.22. The van der Waals surface area contributed by atoms with Crippen molar-refractivity contribution >= 4 is 31.3 Å². The van der Waals surface area contributed by atoms with Crippen molar-refractivity contribution in [1.82, 2.24) is 9.59 Å². The summed E-state index contributed by atoms with van der Waals surface area (Å²) in [6.07, 6.45) is 1.67. The van der Waals surface area contributed by atoms with E-state index in [1.807, 2.05) is 0 Å². The third-order valence-corrected chi connectivity index (χ3v) is 5.36. The van der Waals surface area contributed by atoms with E-state index in [0.29, 0.717) is 25.0 Å². The first kappa shape index (κ1) is 9.36. The van der Waals surface area contributed by atoms with Crippen molar-refractivity contribution in [2.75, 3.05) is 0 Å². The Labute approximate surface area is 84.5 Å². The third kappa shape index (κ3) is 1.70. The number of nitrogens with zero attached hydrogens (tertiary/aromatic N) is 2. The van der Waals surface area contributed by atoms with Gasteiger partial charge < -0.3 is 0 Å². The SMILES string of the molecule is O=S(=O)(Cl)C1(Cc2csnn2)CC1. The summed E-state index contributed by atoms with van der Waals surface area (Å²) in [4.78, 5) is 0. The smallest absolute Gasteiger partial charge is 0.212 e. The Kier molecular flexibility index (Phi) is 2.08. The molecule has 0 saturated heterocycles. The van der Waals surface area contributed by atoms with Crippen LogP contribution in [-0.4, -0.2) is 22.8 Å². The molecule has 0 N–H and O–H groups in total. The lowest BCUT2D eigenvalue weighted by Crippen LogP contribution is -2.21. The Morgan fingerprint density at radius 2 is 2.31 bits per heavy atom. The second kappa shape index (κ2) is 2.90. The third-order valence-electron chi connectivity index (χ3n) is 2.23. The minimum atomic E-state index is -3.46. The van der Waals surface area contributed by atoms with Crippen LogP contribution in [0.15, 0.2) is 5.38 Å². The Hall–Kier alpha value is -0.200. The lowest BCUT2D eigenvalue weighted by Gasteiger charge is -2.07. The maximum absolute atomic E-state index is 11.2. The fraction of sp³-hybridized carbons (Fsp3) is 0.667. The van der Waals surface area contributed by atoms with E-state index in [1.165, 1.54) is 11.5 Å². The molecular formula is C6H7ClN2O2S2. The van der Waals surface area contributed by atoms with Crippen molar-refractivity contribution < 1.29 is 8.42 Å². The molecule has 1 fully saturated rings. The van der Waals surface area contributed by atoms with E-state index in [1.54, 1.807) is 5.38 Å². The van der Waals surface area contributed by atoms with Gasteiger partial charge in [-0.3, -0.25) is 0 Å². The second-order valence-corrected chi connectivity index (χ2v) is 6.76. The molecule has 0 amide bonds. The monoisotopic (exact) mass is 238 g/mol. The first-order valence-corrected chi connectivity index (χ1v) is 6.88. The van der Waals surface area contributed by atoms with Gasteiger partial charge in [0.05, 0.1) is 10.4 Å². The van der Waals surface area contributed by atoms with Crippen LogP contribution in [0.2, 0.25) is 0 Å². The zero-order valence-corrected chi connectivity index (χ0v) is 8.99. The molecule has 1 aliphatic carbocycles. The normalized spacial score (nSPS) is 20.1. The minimum absolute atomic E-state index is 0.398. The number of rotatable bonds is 3. The van der Waals surface area contributed by atoms with Crippen LogP contribution in [0.3, 0.4) is 0 Å². The van der Waals surface area contributed by atoms with Crippen molar-refractivity contribution in [3.63, 3.8) is 0 Å². The Bertz CT molecular complexity index is 396. The van der Waals surface area contributed by atoms with Gasteiger partial charge in [0.2, 0.25) is 9.05 Å². The zero-order chi connectivity index (χ0) is 9.53. The van der Waals surface area contributed by atoms with Gasteiger partial charge in [0.25, 0.3) is 0 Å².